The highest BCUT2D eigenvalue weighted by Gasteiger charge is 2.23. The van der Waals surface area contributed by atoms with Crippen molar-refractivity contribution in [2.45, 2.75) is 19.4 Å². The van der Waals surface area contributed by atoms with Gasteiger partial charge in [0.25, 0.3) is 5.91 Å². The SMILES string of the molecule is COc1cc(Br)c(CN2CCCC(COC(=O)NNC(=O)c3cscc3OC)C2)cc1OC. The van der Waals surface area contributed by atoms with Crippen LogP contribution in [0.1, 0.15) is 28.8 Å². The number of ether oxygens (including phenoxy) is 4. The molecule has 9 nitrogen and oxygen atoms in total. The van der Waals surface area contributed by atoms with Crippen LogP contribution in [0.3, 0.4) is 0 Å². The Bertz CT molecular complexity index is 970. The lowest BCUT2D eigenvalue weighted by Crippen LogP contribution is -2.43. The van der Waals surface area contributed by atoms with E-state index in [4.69, 9.17) is 18.9 Å². The Hall–Kier alpha value is -2.50. The topological polar surface area (TPSA) is 98.4 Å². The summed E-state index contributed by atoms with van der Waals surface area (Å²) < 4.78 is 22.2. The standard InChI is InChI=1S/C22H28BrN3O6S/c1-29-18-7-15(17(23)8-19(18)30-2)10-26-6-4-5-14(9-26)11-32-22(28)25-24-21(27)16-12-33-13-20(16)31-3/h7-8,12-14H,4-6,9-11H2,1-3H3,(H,24,27)(H,25,28). The number of amides is 2. The van der Waals surface area contributed by atoms with E-state index < -0.39 is 12.0 Å². The first-order valence-electron chi connectivity index (χ1n) is 10.4. The van der Waals surface area contributed by atoms with Gasteiger partial charge in [-0.1, -0.05) is 15.9 Å². The van der Waals surface area contributed by atoms with Gasteiger partial charge in [-0.15, -0.1) is 11.3 Å². The Balaban J connectivity index is 1.46. The van der Waals surface area contributed by atoms with Crippen molar-refractivity contribution in [2.75, 3.05) is 41.0 Å². The smallest absolute Gasteiger partial charge is 0.426 e. The van der Waals surface area contributed by atoms with Gasteiger partial charge in [0.2, 0.25) is 0 Å². The number of methoxy groups -OCH3 is 3. The van der Waals surface area contributed by atoms with Crippen molar-refractivity contribution in [3.63, 3.8) is 0 Å². The summed E-state index contributed by atoms with van der Waals surface area (Å²) in [6, 6.07) is 3.88. The quantitative estimate of drug-likeness (QED) is 0.490. The summed E-state index contributed by atoms with van der Waals surface area (Å²) in [6.07, 6.45) is 1.28. The van der Waals surface area contributed by atoms with Gasteiger partial charge in [0.15, 0.2) is 11.5 Å². The number of benzene rings is 1. The number of hydrazine groups is 1. The molecule has 11 heteroatoms. The van der Waals surface area contributed by atoms with Gasteiger partial charge in [-0.25, -0.2) is 10.2 Å². The van der Waals surface area contributed by atoms with Crippen molar-refractivity contribution in [3.8, 4) is 17.2 Å². The number of carbonyl (C=O) groups is 2. The minimum atomic E-state index is -0.697. The third-order valence-electron chi connectivity index (χ3n) is 5.37. The van der Waals surface area contributed by atoms with E-state index >= 15 is 0 Å². The fourth-order valence-electron chi connectivity index (χ4n) is 3.70. The zero-order valence-corrected chi connectivity index (χ0v) is 21.2. The van der Waals surface area contributed by atoms with Crippen LogP contribution in [-0.4, -0.2) is 57.9 Å². The largest absolute Gasteiger partial charge is 0.495 e. The van der Waals surface area contributed by atoms with E-state index in [2.05, 4.69) is 31.7 Å². The molecule has 1 aromatic heterocycles. The molecule has 0 spiro atoms. The summed E-state index contributed by atoms with van der Waals surface area (Å²) in [4.78, 5) is 26.5. The predicted octanol–water partition coefficient (Wildman–Crippen LogP) is 3.82. The number of halogens is 1. The molecule has 2 amide bonds. The van der Waals surface area contributed by atoms with E-state index in [1.54, 1.807) is 25.0 Å². The molecule has 0 saturated carbocycles. The van der Waals surface area contributed by atoms with Crippen LogP contribution in [0.25, 0.3) is 0 Å². The van der Waals surface area contributed by atoms with Crippen LogP contribution in [0.2, 0.25) is 0 Å². The molecule has 1 fully saturated rings. The molecular formula is C22H28BrN3O6S. The molecule has 0 radical (unpaired) electrons. The molecule has 3 rings (SSSR count). The van der Waals surface area contributed by atoms with E-state index in [0.717, 1.165) is 42.5 Å². The number of rotatable bonds is 8. The van der Waals surface area contributed by atoms with E-state index in [9.17, 15) is 9.59 Å². The lowest BCUT2D eigenvalue weighted by atomic mass is 9.98. The lowest BCUT2D eigenvalue weighted by Gasteiger charge is -2.32. The van der Waals surface area contributed by atoms with Crippen LogP contribution in [0, 0.1) is 5.92 Å². The maximum Gasteiger partial charge on any atom is 0.426 e. The van der Waals surface area contributed by atoms with Gasteiger partial charge in [-0.2, -0.15) is 0 Å². The Morgan fingerprint density at radius 3 is 2.55 bits per heavy atom. The highest BCUT2D eigenvalue weighted by molar-refractivity contribution is 9.10. The molecule has 1 aromatic carbocycles. The highest BCUT2D eigenvalue weighted by atomic mass is 79.9. The lowest BCUT2D eigenvalue weighted by molar-refractivity contribution is 0.0791. The van der Waals surface area contributed by atoms with Gasteiger partial charge >= 0.3 is 6.09 Å². The molecule has 2 N–H and O–H groups in total. The molecule has 180 valence electrons. The molecule has 1 saturated heterocycles. The number of hydrogen-bond acceptors (Lipinski definition) is 8. The number of nitrogens with one attached hydrogen (secondary N) is 2. The second-order valence-corrected chi connectivity index (χ2v) is 9.17. The van der Waals surface area contributed by atoms with Crippen LogP contribution in [0.5, 0.6) is 17.2 Å². The molecule has 1 aliphatic heterocycles. The molecule has 2 aromatic rings. The first-order chi connectivity index (χ1) is 15.9. The molecule has 1 atom stereocenters. The van der Waals surface area contributed by atoms with Gasteiger partial charge in [-0.05, 0) is 37.1 Å². The third kappa shape index (κ3) is 6.75. The predicted molar refractivity (Wildman–Crippen MR) is 128 cm³/mol. The average Bonchev–Trinajstić information content (AvgIpc) is 3.31. The number of hydrogen-bond donors (Lipinski definition) is 2. The second kappa shape index (κ2) is 12.1. The summed E-state index contributed by atoms with van der Waals surface area (Å²) in [5.74, 6) is 1.56. The minimum absolute atomic E-state index is 0.205. The Labute approximate surface area is 205 Å². The van der Waals surface area contributed by atoms with Gasteiger partial charge in [0, 0.05) is 34.2 Å². The van der Waals surface area contributed by atoms with Crippen LogP contribution >= 0.6 is 27.3 Å². The fraction of sp³-hybridized carbons (Fsp3) is 0.455. The van der Waals surface area contributed by atoms with E-state index in [0.29, 0.717) is 22.8 Å². The molecular weight excluding hydrogens is 514 g/mol. The van der Waals surface area contributed by atoms with Gasteiger partial charge in [0.1, 0.15) is 5.75 Å². The van der Waals surface area contributed by atoms with Crippen LogP contribution in [0.15, 0.2) is 27.4 Å². The van der Waals surface area contributed by atoms with Gasteiger partial charge < -0.3 is 18.9 Å². The zero-order chi connectivity index (χ0) is 23.8. The van der Waals surface area contributed by atoms with E-state index in [-0.39, 0.29) is 12.5 Å². The van der Waals surface area contributed by atoms with Gasteiger partial charge in [-0.3, -0.25) is 15.1 Å². The Kier molecular flexibility index (Phi) is 9.21. The van der Waals surface area contributed by atoms with Crippen molar-refractivity contribution < 1.29 is 28.5 Å². The van der Waals surface area contributed by atoms with Crippen molar-refractivity contribution in [3.05, 3.63) is 38.5 Å². The molecule has 0 aliphatic carbocycles. The minimum Gasteiger partial charge on any atom is -0.495 e. The molecule has 1 aliphatic rings. The summed E-state index contributed by atoms with van der Waals surface area (Å²) >= 11 is 4.95. The van der Waals surface area contributed by atoms with Gasteiger partial charge in [0.05, 0.1) is 33.5 Å². The molecule has 33 heavy (non-hydrogen) atoms. The number of thiophene rings is 1. The number of likely N-dealkylation sites (tertiary alicyclic amines) is 1. The number of carbonyl (C=O) groups excluding carboxylic acids is 2. The average molecular weight is 542 g/mol. The maximum atomic E-state index is 12.1. The van der Waals surface area contributed by atoms with E-state index in [1.807, 2.05) is 12.1 Å². The fourth-order valence-corrected chi connectivity index (χ4v) is 4.92. The summed E-state index contributed by atoms with van der Waals surface area (Å²) in [5, 5.41) is 3.36. The zero-order valence-electron chi connectivity index (χ0n) is 18.8. The number of piperidine rings is 1. The van der Waals surface area contributed by atoms with Crippen molar-refractivity contribution in [1.82, 2.24) is 15.8 Å². The summed E-state index contributed by atoms with van der Waals surface area (Å²) in [7, 11) is 4.71. The Morgan fingerprint density at radius 1 is 1.09 bits per heavy atom. The summed E-state index contributed by atoms with van der Waals surface area (Å²) in [6.45, 7) is 2.77. The van der Waals surface area contributed by atoms with Crippen molar-refractivity contribution in [2.24, 2.45) is 5.92 Å². The maximum absolute atomic E-state index is 12.1. The highest BCUT2D eigenvalue weighted by Crippen LogP contribution is 2.34. The van der Waals surface area contributed by atoms with Crippen LogP contribution in [-0.2, 0) is 11.3 Å². The first-order valence-corrected chi connectivity index (χ1v) is 12.1. The van der Waals surface area contributed by atoms with Crippen LogP contribution < -0.4 is 25.1 Å². The van der Waals surface area contributed by atoms with E-state index in [1.165, 1.54) is 18.4 Å². The molecule has 0 bridgehead atoms. The van der Waals surface area contributed by atoms with Crippen molar-refractivity contribution in [1.29, 1.82) is 0 Å². The molecule has 2 heterocycles. The second-order valence-electron chi connectivity index (χ2n) is 7.57. The monoisotopic (exact) mass is 541 g/mol. The Morgan fingerprint density at radius 2 is 1.82 bits per heavy atom. The first kappa shape index (κ1) is 25.1. The van der Waals surface area contributed by atoms with Crippen molar-refractivity contribution >= 4 is 39.3 Å². The normalized spacial score (nSPS) is 16.1. The summed E-state index contributed by atoms with van der Waals surface area (Å²) in [5.41, 5.74) is 6.08. The number of nitrogens with zero attached hydrogens (tertiary/aromatic N) is 1. The third-order valence-corrected chi connectivity index (χ3v) is 6.83. The van der Waals surface area contributed by atoms with Crippen LogP contribution in [0.4, 0.5) is 4.79 Å². The molecule has 1 unspecified atom stereocenters.